The average Bonchev–Trinajstić information content (AvgIpc) is 2.41. The van der Waals surface area contributed by atoms with Gasteiger partial charge in [-0.1, -0.05) is 52.4 Å². The van der Waals surface area contributed by atoms with Gasteiger partial charge < -0.3 is 15.2 Å². The van der Waals surface area contributed by atoms with Crippen LogP contribution in [0.1, 0.15) is 71.6 Å². The second-order valence-electron chi connectivity index (χ2n) is 6.20. The first-order valence-electron chi connectivity index (χ1n) is 8.07. The minimum absolute atomic E-state index is 0.253. The minimum atomic E-state index is -0.448. The summed E-state index contributed by atoms with van der Waals surface area (Å²) in [6.07, 6.45) is 11.3. The van der Waals surface area contributed by atoms with Gasteiger partial charge in [-0.25, -0.2) is 0 Å². The predicted molar refractivity (Wildman–Crippen MR) is 80.1 cm³/mol. The van der Waals surface area contributed by atoms with Crippen molar-refractivity contribution in [3.05, 3.63) is 0 Å². The van der Waals surface area contributed by atoms with E-state index in [9.17, 15) is 0 Å². The molecular formula is C16H33NO2. The first-order valence-corrected chi connectivity index (χ1v) is 8.07. The van der Waals surface area contributed by atoms with E-state index in [1.165, 1.54) is 44.9 Å². The Kier molecular flexibility index (Phi) is 7.96. The molecule has 1 aliphatic heterocycles. The van der Waals surface area contributed by atoms with E-state index in [1.54, 1.807) is 7.11 Å². The molecular weight excluding hydrogens is 238 g/mol. The van der Waals surface area contributed by atoms with Gasteiger partial charge in [-0.05, 0) is 12.8 Å². The van der Waals surface area contributed by atoms with E-state index in [2.05, 4.69) is 13.8 Å². The average molecular weight is 271 g/mol. The van der Waals surface area contributed by atoms with Gasteiger partial charge in [-0.2, -0.15) is 0 Å². The summed E-state index contributed by atoms with van der Waals surface area (Å²) in [6.45, 7) is 5.15. The highest BCUT2D eigenvalue weighted by atomic mass is 16.5. The van der Waals surface area contributed by atoms with E-state index in [0.29, 0.717) is 5.92 Å². The van der Waals surface area contributed by atoms with Gasteiger partial charge in [0.15, 0.2) is 0 Å². The van der Waals surface area contributed by atoms with Crippen molar-refractivity contribution < 1.29 is 9.47 Å². The van der Waals surface area contributed by atoms with Crippen molar-refractivity contribution in [1.82, 2.24) is 0 Å². The van der Waals surface area contributed by atoms with Crippen molar-refractivity contribution in [3.63, 3.8) is 0 Å². The van der Waals surface area contributed by atoms with Gasteiger partial charge in [0.1, 0.15) is 5.72 Å². The van der Waals surface area contributed by atoms with Crippen LogP contribution in [0.25, 0.3) is 0 Å². The zero-order chi connectivity index (χ0) is 14.1. The van der Waals surface area contributed by atoms with Crippen molar-refractivity contribution >= 4 is 0 Å². The van der Waals surface area contributed by atoms with Crippen molar-refractivity contribution in [3.8, 4) is 0 Å². The van der Waals surface area contributed by atoms with Crippen molar-refractivity contribution in [2.75, 3.05) is 13.7 Å². The highest BCUT2D eigenvalue weighted by molar-refractivity contribution is 4.85. The molecule has 1 fully saturated rings. The lowest BCUT2D eigenvalue weighted by atomic mass is 9.89. The van der Waals surface area contributed by atoms with Crippen LogP contribution in [0, 0.1) is 5.92 Å². The van der Waals surface area contributed by atoms with Gasteiger partial charge in [0, 0.05) is 19.4 Å². The van der Waals surface area contributed by atoms with Crippen molar-refractivity contribution in [1.29, 1.82) is 0 Å². The van der Waals surface area contributed by atoms with Crippen LogP contribution in [0.15, 0.2) is 0 Å². The molecule has 114 valence electrons. The number of unbranched alkanes of at least 4 members (excludes halogenated alkanes) is 6. The number of ether oxygens (including phenoxy) is 2. The molecule has 1 aliphatic rings. The lowest BCUT2D eigenvalue weighted by Gasteiger charge is -2.40. The monoisotopic (exact) mass is 271 g/mol. The van der Waals surface area contributed by atoms with E-state index >= 15 is 0 Å². The Balaban J connectivity index is 2.13. The van der Waals surface area contributed by atoms with Gasteiger partial charge in [0.2, 0.25) is 0 Å². The van der Waals surface area contributed by atoms with E-state index < -0.39 is 5.72 Å². The lowest BCUT2D eigenvalue weighted by Crippen LogP contribution is -2.52. The molecule has 0 spiro atoms. The number of rotatable bonds is 9. The third-order valence-electron chi connectivity index (χ3n) is 4.32. The summed E-state index contributed by atoms with van der Waals surface area (Å²) in [4.78, 5) is 0. The summed E-state index contributed by atoms with van der Waals surface area (Å²) in [6, 6.07) is 0. The largest absolute Gasteiger partial charge is 0.381 e. The van der Waals surface area contributed by atoms with Crippen LogP contribution in [0.2, 0.25) is 0 Å². The SMILES string of the molecule is CCCCCCCCCC1(N)CC(OC)C(C)CO1. The molecule has 0 aromatic carbocycles. The summed E-state index contributed by atoms with van der Waals surface area (Å²) >= 11 is 0. The van der Waals surface area contributed by atoms with Gasteiger partial charge in [-0.3, -0.25) is 0 Å². The molecule has 0 aromatic rings. The quantitative estimate of drug-likeness (QED) is 0.648. The first-order chi connectivity index (χ1) is 9.11. The maximum atomic E-state index is 6.35. The van der Waals surface area contributed by atoms with Gasteiger partial charge >= 0.3 is 0 Å². The Morgan fingerprint density at radius 2 is 1.79 bits per heavy atom. The Morgan fingerprint density at radius 3 is 2.42 bits per heavy atom. The molecule has 0 radical (unpaired) electrons. The van der Waals surface area contributed by atoms with Gasteiger partial charge in [0.05, 0.1) is 12.7 Å². The molecule has 3 nitrogen and oxygen atoms in total. The molecule has 0 aromatic heterocycles. The molecule has 3 heteroatoms. The Morgan fingerprint density at radius 1 is 1.16 bits per heavy atom. The summed E-state index contributed by atoms with van der Waals surface area (Å²) in [5.74, 6) is 0.454. The normalized spacial score (nSPS) is 31.6. The second kappa shape index (κ2) is 8.93. The molecule has 19 heavy (non-hydrogen) atoms. The number of hydrogen-bond donors (Lipinski definition) is 1. The summed E-state index contributed by atoms with van der Waals surface area (Å²) < 4.78 is 11.4. The van der Waals surface area contributed by atoms with Crippen LogP contribution in [0.5, 0.6) is 0 Å². The smallest absolute Gasteiger partial charge is 0.119 e. The van der Waals surface area contributed by atoms with E-state index in [-0.39, 0.29) is 6.10 Å². The van der Waals surface area contributed by atoms with E-state index in [1.807, 2.05) is 0 Å². The fourth-order valence-corrected chi connectivity index (χ4v) is 2.88. The van der Waals surface area contributed by atoms with Crippen molar-refractivity contribution in [2.24, 2.45) is 11.7 Å². The van der Waals surface area contributed by atoms with Crippen LogP contribution in [0.3, 0.4) is 0 Å². The molecule has 1 saturated heterocycles. The topological polar surface area (TPSA) is 44.5 Å². The molecule has 3 atom stereocenters. The highest BCUT2D eigenvalue weighted by Gasteiger charge is 2.37. The third-order valence-corrected chi connectivity index (χ3v) is 4.32. The maximum Gasteiger partial charge on any atom is 0.119 e. The van der Waals surface area contributed by atoms with Crippen LogP contribution in [-0.2, 0) is 9.47 Å². The molecule has 0 amide bonds. The van der Waals surface area contributed by atoms with Gasteiger partial charge in [0.25, 0.3) is 0 Å². The van der Waals surface area contributed by atoms with Crippen LogP contribution < -0.4 is 5.73 Å². The van der Waals surface area contributed by atoms with Crippen LogP contribution in [-0.4, -0.2) is 25.5 Å². The number of nitrogens with two attached hydrogens (primary N) is 1. The summed E-state index contributed by atoms with van der Waals surface area (Å²) in [5, 5.41) is 0. The molecule has 1 rings (SSSR count). The fraction of sp³-hybridized carbons (Fsp3) is 1.00. The molecule has 0 bridgehead atoms. The molecule has 3 unspecified atom stereocenters. The Bertz CT molecular complexity index is 235. The highest BCUT2D eigenvalue weighted by Crippen LogP contribution is 2.30. The predicted octanol–water partition coefficient (Wildman–Crippen LogP) is 3.85. The van der Waals surface area contributed by atoms with Crippen LogP contribution >= 0.6 is 0 Å². The zero-order valence-electron chi connectivity index (χ0n) is 13.1. The molecule has 0 saturated carbocycles. The number of methoxy groups -OCH3 is 1. The number of hydrogen-bond acceptors (Lipinski definition) is 3. The van der Waals surface area contributed by atoms with E-state index in [4.69, 9.17) is 15.2 Å². The fourth-order valence-electron chi connectivity index (χ4n) is 2.88. The Labute approximate surface area is 119 Å². The zero-order valence-corrected chi connectivity index (χ0v) is 13.1. The molecule has 1 heterocycles. The maximum absolute atomic E-state index is 6.35. The second-order valence-corrected chi connectivity index (χ2v) is 6.20. The standard InChI is InChI=1S/C16H33NO2/c1-4-5-6-7-8-9-10-11-16(17)12-15(18-3)14(2)13-19-16/h14-15H,4-13,17H2,1-3H3. The van der Waals surface area contributed by atoms with Crippen molar-refractivity contribution in [2.45, 2.75) is 83.5 Å². The van der Waals surface area contributed by atoms with Crippen LogP contribution in [0.4, 0.5) is 0 Å². The molecule has 0 aliphatic carbocycles. The lowest BCUT2D eigenvalue weighted by molar-refractivity contribution is -0.153. The minimum Gasteiger partial charge on any atom is -0.381 e. The van der Waals surface area contributed by atoms with Gasteiger partial charge in [-0.15, -0.1) is 0 Å². The summed E-state index contributed by atoms with van der Waals surface area (Å²) in [5.41, 5.74) is 5.90. The molecule has 2 N–H and O–H groups in total. The third kappa shape index (κ3) is 6.24. The van der Waals surface area contributed by atoms with E-state index in [0.717, 1.165) is 19.4 Å². The summed E-state index contributed by atoms with van der Waals surface area (Å²) in [7, 11) is 1.78. The Hall–Kier alpha value is -0.120. The first kappa shape index (κ1) is 16.9.